The number of anilines is 2. The van der Waals surface area contributed by atoms with Crippen molar-refractivity contribution in [1.82, 2.24) is 10.3 Å². The molecule has 0 saturated heterocycles. The highest BCUT2D eigenvalue weighted by molar-refractivity contribution is 9.10. The Morgan fingerprint density at radius 1 is 1.00 bits per heavy atom. The Morgan fingerprint density at radius 2 is 1.79 bits per heavy atom. The van der Waals surface area contributed by atoms with E-state index < -0.39 is 0 Å². The van der Waals surface area contributed by atoms with E-state index in [1.165, 1.54) is 0 Å². The molecule has 0 aliphatic carbocycles. The Labute approximate surface area is 117 Å². The fourth-order valence-corrected chi connectivity index (χ4v) is 2.26. The zero-order valence-corrected chi connectivity index (χ0v) is 11.2. The molecule has 6 heteroatoms. The second-order valence-electron chi connectivity index (χ2n) is 4.06. The third kappa shape index (κ3) is 2.22. The molecule has 2 aromatic rings. The molecule has 2 heterocycles. The maximum Gasteiger partial charge on any atom is 0.259 e. The highest BCUT2D eigenvalue weighted by Gasteiger charge is 2.26. The number of nitrogens with one attached hydrogen (secondary N) is 2. The molecule has 0 atom stereocenters. The summed E-state index contributed by atoms with van der Waals surface area (Å²) in [5.74, 6) is -0.716. The Kier molecular flexibility index (Phi) is 2.79. The van der Waals surface area contributed by atoms with E-state index in [0.29, 0.717) is 11.1 Å². The zero-order valence-electron chi connectivity index (χ0n) is 9.61. The third-order valence-corrected chi connectivity index (χ3v) is 3.16. The highest BCUT2D eigenvalue weighted by Crippen LogP contribution is 2.24. The number of carbonyl (C=O) groups excluding carboxylic acids is 2. The van der Waals surface area contributed by atoms with E-state index in [0.717, 1.165) is 15.8 Å². The minimum Gasteiger partial charge on any atom is -0.354 e. The number of halogens is 1. The largest absolute Gasteiger partial charge is 0.354 e. The summed E-state index contributed by atoms with van der Waals surface area (Å²) in [7, 11) is 0. The molecule has 0 unspecified atom stereocenters. The van der Waals surface area contributed by atoms with Crippen LogP contribution in [0.5, 0.6) is 0 Å². The van der Waals surface area contributed by atoms with Crippen LogP contribution in [0.1, 0.15) is 20.7 Å². The fourth-order valence-electron chi connectivity index (χ4n) is 1.89. The van der Waals surface area contributed by atoms with Gasteiger partial charge >= 0.3 is 0 Å². The molecule has 1 aromatic heterocycles. The average Bonchev–Trinajstić information content (AvgIpc) is 2.65. The van der Waals surface area contributed by atoms with E-state index in [-0.39, 0.29) is 11.8 Å². The molecule has 5 nitrogen and oxygen atoms in total. The van der Waals surface area contributed by atoms with Crippen LogP contribution < -0.4 is 10.6 Å². The number of hydrogen-bond donors (Lipinski definition) is 2. The Balaban J connectivity index is 1.93. The normalized spacial score (nSPS) is 13.1. The maximum absolute atomic E-state index is 11.6. The molecule has 94 valence electrons. The lowest BCUT2D eigenvalue weighted by Gasteiger charge is -2.07. The molecular weight excluding hydrogens is 310 g/mol. The zero-order chi connectivity index (χ0) is 13.4. The van der Waals surface area contributed by atoms with Gasteiger partial charge in [-0.2, -0.15) is 0 Å². The van der Waals surface area contributed by atoms with E-state index in [2.05, 4.69) is 31.5 Å². The third-order valence-electron chi connectivity index (χ3n) is 2.73. The molecule has 3 rings (SSSR count). The van der Waals surface area contributed by atoms with Crippen LogP contribution in [-0.4, -0.2) is 16.8 Å². The summed E-state index contributed by atoms with van der Waals surface area (Å²) >= 11 is 3.33. The van der Waals surface area contributed by atoms with Crippen molar-refractivity contribution < 1.29 is 9.59 Å². The van der Waals surface area contributed by atoms with Gasteiger partial charge in [0.05, 0.1) is 23.0 Å². The van der Waals surface area contributed by atoms with Gasteiger partial charge in [-0.15, -0.1) is 0 Å². The van der Waals surface area contributed by atoms with Gasteiger partial charge in [-0.05, 0) is 40.2 Å². The van der Waals surface area contributed by atoms with Gasteiger partial charge in [0.25, 0.3) is 11.8 Å². The van der Waals surface area contributed by atoms with E-state index in [1.54, 1.807) is 30.6 Å². The first-order valence-corrected chi connectivity index (χ1v) is 6.30. The molecule has 0 spiro atoms. The average molecular weight is 318 g/mol. The van der Waals surface area contributed by atoms with Crippen LogP contribution >= 0.6 is 15.9 Å². The summed E-state index contributed by atoms with van der Waals surface area (Å²) in [6.45, 7) is 0. The lowest BCUT2D eigenvalue weighted by Crippen LogP contribution is -2.19. The van der Waals surface area contributed by atoms with Gasteiger partial charge in [0.1, 0.15) is 0 Å². The van der Waals surface area contributed by atoms with Crippen LogP contribution in [0.4, 0.5) is 11.4 Å². The molecule has 2 N–H and O–H groups in total. The number of aromatic nitrogens is 1. The van der Waals surface area contributed by atoms with Gasteiger partial charge in [0.2, 0.25) is 0 Å². The van der Waals surface area contributed by atoms with Gasteiger partial charge in [0.15, 0.2) is 0 Å². The summed E-state index contributed by atoms with van der Waals surface area (Å²) in [4.78, 5) is 27.0. The Hall–Kier alpha value is -2.21. The first-order chi connectivity index (χ1) is 9.13. The maximum atomic E-state index is 11.6. The lowest BCUT2D eigenvalue weighted by atomic mass is 10.1. The van der Waals surface area contributed by atoms with E-state index >= 15 is 0 Å². The molecule has 19 heavy (non-hydrogen) atoms. The number of amides is 2. The van der Waals surface area contributed by atoms with Crippen molar-refractivity contribution in [2.24, 2.45) is 0 Å². The van der Waals surface area contributed by atoms with Gasteiger partial charge < -0.3 is 5.32 Å². The smallest absolute Gasteiger partial charge is 0.259 e. The molecule has 1 aromatic carbocycles. The van der Waals surface area contributed by atoms with Gasteiger partial charge in [0, 0.05) is 16.4 Å². The lowest BCUT2D eigenvalue weighted by molar-refractivity contribution is 0.0879. The van der Waals surface area contributed by atoms with Crippen LogP contribution in [0.3, 0.4) is 0 Å². The predicted octanol–water partition coefficient (Wildman–Crippen LogP) is 2.47. The minimum atomic E-state index is -0.365. The predicted molar refractivity (Wildman–Crippen MR) is 73.5 cm³/mol. The first-order valence-electron chi connectivity index (χ1n) is 5.51. The Morgan fingerprint density at radius 3 is 2.58 bits per heavy atom. The van der Waals surface area contributed by atoms with E-state index in [4.69, 9.17) is 0 Å². The van der Waals surface area contributed by atoms with Crippen molar-refractivity contribution in [3.63, 3.8) is 0 Å². The second kappa shape index (κ2) is 4.47. The molecule has 1 aliphatic heterocycles. The minimum absolute atomic E-state index is 0.351. The topological polar surface area (TPSA) is 71.1 Å². The molecule has 0 saturated carbocycles. The molecule has 2 amide bonds. The van der Waals surface area contributed by atoms with Gasteiger partial charge in [-0.25, -0.2) is 0 Å². The van der Waals surface area contributed by atoms with Crippen LogP contribution in [0.25, 0.3) is 0 Å². The van der Waals surface area contributed by atoms with Crippen LogP contribution in [0, 0.1) is 0 Å². The SMILES string of the molecule is O=C1NC(=O)c2cc(Nc3cncc(Br)c3)ccc21. The van der Waals surface area contributed by atoms with E-state index in [9.17, 15) is 9.59 Å². The van der Waals surface area contributed by atoms with Crippen LogP contribution in [-0.2, 0) is 0 Å². The van der Waals surface area contributed by atoms with Crippen LogP contribution in [0.15, 0.2) is 41.1 Å². The summed E-state index contributed by atoms with van der Waals surface area (Å²) in [6, 6.07) is 6.89. The van der Waals surface area contributed by atoms with E-state index in [1.807, 2.05) is 6.07 Å². The molecule has 0 fully saturated rings. The monoisotopic (exact) mass is 317 g/mol. The van der Waals surface area contributed by atoms with Crippen molar-refractivity contribution in [3.8, 4) is 0 Å². The number of imide groups is 1. The Bertz CT molecular complexity index is 700. The standard InChI is InChI=1S/C13H8BrN3O2/c14-7-3-9(6-15-5-7)16-8-1-2-10-11(4-8)13(19)17-12(10)18/h1-6,16H,(H,17,18,19). The molecule has 0 radical (unpaired) electrons. The molecule has 0 bridgehead atoms. The number of fused-ring (bicyclic) bond motifs is 1. The number of hydrogen-bond acceptors (Lipinski definition) is 4. The number of nitrogens with zero attached hydrogens (tertiary/aromatic N) is 1. The van der Waals surface area contributed by atoms with Crippen molar-refractivity contribution in [2.45, 2.75) is 0 Å². The first kappa shape index (κ1) is 11.9. The van der Waals surface area contributed by atoms with Crippen molar-refractivity contribution >= 4 is 39.1 Å². The van der Waals surface area contributed by atoms with Gasteiger partial charge in [-0.3, -0.25) is 19.9 Å². The van der Waals surface area contributed by atoms with Gasteiger partial charge in [-0.1, -0.05) is 0 Å². The fraction of sp³-hybridized carbons (Fsp3) is 0. The number of pyridine rings is 1. The summed E-state index contributed by atoms with van der Waals surface area (Å²) in [5, 5.41) is 5.38. The summed E-state index contributed by atoms with van der Waals surface area (Å²) < 4.78 is 0.853. The summed E-state index contributed by atoms with van der Waals surface area (Å²) in [5.41, 5.74) is 2.31. The number of rotatable bonds is 2. The van der Waals surface area contributed by atoms with Crippen molar-refractivity contribution in [2.75, 3.05) is 5.32 Å². The van der Waals surface area contributed by atoms with Crippen LogP contribution in [0.2, 0.25) is 0 Å². The van der Waals surface area contributed by atoms with Crippen molar-refractivity contribution in [3.05, 3.63) is 52.3 Å². The summed E-state index contributed by atoms with van der Waals surface area (Å²) in [6.07, 6.45) is 3.35. The molecule has 1 aliphatic rings. The highest BCUT2D eigenvalue weighted by atomic mass is 79.9. The van der Waals surface area contributed by atoms with Crippen molar-refractivity contribution in [1.29, 1.82) is 0 Å². The quantitative estimate of drug-likeness (QED) is 0.835. The number of carbonyl (C=O) groups is 2. The second-order valence-corrected chi connectivity index (χ2v) is 4.98. The molecular formula is C13H8BrN3O2. The number of benzene rings is 1.